The molecule has 228 valence electrons. The molecule has 0 aromatic carbocycles. The summed E-state index contributed by atoms with van der Waals surface area (Å²) in [6.45, 7) is 10.8. The van der Waals surface area contributed by atoms with Crippen LogP contribution in [0.5, 0.6) is 0 Å². The number of rotatable bonds is 23. The molecule has 0 amide bonds. The van der Waals surface area contributed by atoms with E-state index in [1.54, 1.807) is 0 Å². The molecule has 0 saturated carbocycles. The maximum absolute atomic E-state index is 9.45. The Kier molecular flexibility index (Phi) is 24.8. The van der Waals surface area contributed by atoms with Gasteiger partial charge in [0.2, 0.25) is 0 Å². The van der Waals surface area contributed by atoms with Crippen LogP contribution in [0.4, 0.5) is 0 Å². The van der Waals surface area contributed by atoms with Gasteiger partial charge in [-0.25, -0.2) is 4.79 Å². The van der Waals surface area contributed by atoms with Gasteiger partial charge in [0.25, 0.3) is 0 Å². The average Bonchev–Trinajstić information content (AvgIpc) is 2.88. The number of hydrogen-bond acceptors (Lipinski definition) is 5. The van der Waals surface area contributed by atoms with E-state index in [9.17, 15) is 4.79 Å². The first-order valence-corrected chi connectivity index (χ1v) is 16.3. The van der Waals surface area contributed by atoms with Gasteiger partial charge in [-0.2, -0.15) is 0 Å². The number of morpholine rings is 1. The van der Waals surface area contributed by atoms with Crippen molar-refractivity contribution in [3.05, 3.63) is 0 Å². The van der Waals surface area contributed by atoms with Crippen LogP contribution in [0.25, 0.3) is 0 Å². The van der Waals surface area contributed by atoms with Crippen molar-refractivity contribution < 1.29 is 19.7 Å². The Labute approximate surface area is 236 Å². The van der Waals surface area contributed by atoms with Crippen LogP contribution in [0, 0.1) is 5.92 Å². The Morgan fingerprint density at radius 1 is 0.842 bits per heavy atom. The Hall–Kier alpha value is -0.690. The van der Waals surface area contributed by atoms with Crippen LogP contribution >= 0.6 is 0 Å². The first-order chi connectivity index (χ1) is 18.3. The van der Waals surface area contributed by atoms with Crippen molar-refractivity contribution in [2.24, 2.45) is 11.7 Å². The number of aliphatic carboxylic acids is 1. The average molecular weight is 543 g/mol. The first-order valence-electron chi connectivity index (χ1n) is 16.3. The second-order valence-electron chi connectivity index (χ2n) is 12.0. The minimum Gasteiger partial charge on any atom is -0.479 e. The minimum absolute atomic E-state index is 0.0257. The lowest BCUT2D eigenvalue weighted by atomic mass is 9.79. The Morgan fingerprint density at radius 3 is 1.66 bits per heavy atom. The molecule has 0 spiro atoms. The summed E-state index contributed by atoms with van der Waals surface area (Å²) in [6, 6.07) is 0.499. The molecule has 38 heavy (non-hydrogen) atoms. The van der Waals surface area contributed by atoms with Gasteiger partial charge in [0.05, 0.1) is 12.2 Å². The molecule has 0 aromatic rings. The fraction of sp³-hybridized carbons (Fsp3) is 0.969. The summed E-state index contributed by atoms with van der Waals surface area (Å²) in [5.74, 6) is -0.479. The normalized spacial score (nSPS) is 20.2. The second-order valence-corrected chi connectivity index (χ2v) is 12.0. The van der Waals surface area contributed by atoms with E-state index in [-0.39, 0.29) is 5.60 Å². The van der Waals surface area contributed by atoms with Crippen molar-refractivity contribution in [3.63, 3.8) is 0 Å². The summed E-state index contributed by atoms with van der Waals surface area (Å²) in [6.07, 6.45) is 26.2. The van der Waals surface area contributed by atoms with Crippen molar-refractivity contribution >= 4 is 5.97 Å². The molecule has 3 atom stereocenters. The molecule has 1 rings (SSSR count). The highest BCUT2D eigenvalue weighted by molar-refractivity contribution is 5.71. The maximum Gasteiger partial charge on any atom is 0.332 e. The van der Waals surface area contributed by atoms with Gasteiger partial charge in [0.15, 0.2) is 0 Å². The number of carboxylic acid groups (broad SMARTS) is 1. The highest BCUT2D eigenvalue weighted by Gasteiger charge is 2.41. The fourth-order valence-electron chi connectivity index (χ4n) is 5.53. The van der Waals surface area contributed by atoms with E-state index in [1.165, 1.54) is 122 Å². The number of nitrogens with one attached hydrogen (secondary N) is 1. The number of unbranched alkanes of at least 4 members (excludes halogenated alkanes) is 15. The standard InChI is InChI=1S/C29H60N2O.C3H6O3/c1-4-5-6-7-8-9-10-11-12-13-14-15-16-17-18-19-21-29(22-20-23-30)28(26-27(2)3)31-24-25-32-29;1-2(4)3(5)6/h27-28,31H,4-26,30H2,1-3H3;2,4H,1H3,(H,5,6). The predicted octanol–water partition coefficient (Wildman–Crippen LogP) is 7.60. The molecule has 6 heteroatoms. The molecule has 6 nitrogen and oxygen atoms in total. The number of hydrogen-bond donors (Lipinski definition) is 4. The number of nitrogens with two attached hydrogens (primary N) is 1. The van der Waals surface area contributed by atoms with Crippen LogP contribution in [0.15, 0.2) is 0 Å². The van der Waals surface area contributed by atoms with Crippen molar-refractivity contribution in [3.8, 4) is 0 Å². The molecular weight excluding hydrogens is 476 g/mol. The zero-order valence-corrected chi connectivity index (χ0v) is 25.8. The maximum atomic E-state index is 9.45. The summed E-state index contributed by atoms with van der Waals surface area (Å²) in [5.41, 5.74) is 5.89. The zero-order valence-electron chi connectivity index (χ0n) is 25.8. The summed E-state index contributed by atoms with van der Waals surface area (Å²) < 4.78 is 6.49. The molecule has 5 N–H and O–H groups in total. The topological polar surface area (TPSA) is 105 Å². The third-order valence-electron chi connectivity index (χ3n) is 7.84. The predicted molar refractivity (Wildman–Crippen MR) is 162 cm³/mol. The van der Waals surface area contributed by atoms with Gasteiger partial charge in [0.1, 0.15) is 6.10 Å². The van der Waals surface area contributed by atoms with E-state index in [4.69, 9.17) is 20.7 Å². The molecule has 0 aromatic heterocycles. The van der Waals surface area contributed by atoms with Crippen molar-refractivity contribution in [2.75, 3.05) is 19.7 Å². The third-order valence-corrected chi connectivity index (χ3v) is 7.84. The number of aliphatic hydroxyl groups is 1. The Morgan fingerprint density at radius 2 is 1.26 bits per heavy atom. The van der Waals surface area contributed by atoms with Gasteiger partial charge >= 0.3 is 5.97 Å². The molecule has 1 saturated heterocycles. The van der Waals surface area contributed by atoms with Crippen molar-refractivity contribution in [2.45, 2.75) is 174 Å². The van der Waals surface area contributed by atoms with Crippen LogP contribution in [0.1, 0.15) is 156 Å². The lowest BCUT2D eigenvalue weighted by Crippen LogP contribution is -2.58. The van der Waals surface area contributed by atoms with Gasteiger partial charge in [-0.1, -0.05) is 124 Å². The fourth-order valence-corrected chi connectivity index (χ4v) is 5.53. The molecule has 1 aliphatic heterocycles. The molecule has 1 fully saturated rings. The number of carbonyl (C=O) groups is 1. The summed E-state index contributed by atoms with van der Waals surface area (Å²) >= 11 is 0. The monoisotopic (exact) mass is 543 g/mol. The number of carboxylic acids is 1. The smallest absolute Gasteiger partial charge is 0.332 e. The molecule has 0 aliphatic carbocycles. The van der Waals surface area contributed by atoms with Crippen molar-refractivity contribution in [1.29, 1.82) is 0 Å². The summed E-state index contributed by atoms with van der Waals surface area (Å²) in [4.78, 5) is 9.45. The molecule has 0 bridgehead atoms. The second kappa shape index (κ2) is 25.3. The summed E-state index contributed by atoms with van der Waals surface area (Å²) in [7, 11) is 0. The molecular formula is C32H66N2O4. The Balaban J connectivity index is 0.00000203. The largest absolute Gasteiger partial charge is 0.479 e. The highest BCUT2D eigenvalue weighted by atomic mass is 16.5. The van der Waals surface area contributed by atoms with Crippen LogP contribution in [0.3, 0.4) is 0 Å². The van der Waals surface area contributed by atoms with Crippen molar-refractivity contribution in [1.82, 2.24) is 5.32 Å². The molecule has 0 radical (unpaired) electrons. The first kappa shape index (κ1) is 37.3. The Bertz CT molecular complexity index is 530. The van der Waals surface area contributed by atoms with Gasteiger partial charge < -0.3 is 26.0 Å². The van der Waals surface area contributed by atoms with E-state index in [0.717, 1.165) is 32.5 Å². The highest BCUT2D eigenvalue weighted by Crippen LogP contribution is 2.34. The van der Waals surface area contributed by atoms with E-state index in [2.05, 4.69) is 26.1 Å². The van der Waals surface area contributed by atoms with Gasteiger partial charge in [-0.05, 0) is 45.1 Å². The molecule has 1 heterocycles. The van der Waals surface area contributed by atoms with Crippen LogP contribution < -0.4 is 11.1 Å². The van der Waals surface area contributed by atoms with Crippen LogP contribution in [0.2, 0.25) is 0 Å². The van der Waals surface area contributed by atoms with E-state index >= 15 is 0 Å². The quantitative estimate of drug-likeness (QED) is 0.0991. The van der Waals surface area contributed by atoms with Gasteiger partial charge in [-0.3, -0.25) is 0 Å². The molecule has 1 aliphatic rings. The van der Waals surface area contributed by atoms with E-state index < -0.39 is 12.1 Å². The minimum atomic E-state index is -1.23. The van der Waals surface area contributed by atoms with Crippen LogP contribution in [-0.2, 0) is 9.53 Å². The SMILES string of the molecule is CC(O)C(=O)O.CCCCCCCCCCCCCCCCCCC1(CCCN)OCCNC1CC(C)C. The zero-order chi connectivity index (χ0) is 28.5. The lowest BCUT2D eigenvalue weighted by molar-refractivity contribution is -0.145. The van der Waals surface area contributed by atoms with Gasteiger partial charge in [-0.15, -0.1) is 0 Å². The van der Waals surface area contributed by atoms with Gasteiger partial charge in [0, 0.05) is 12.6 Å². The van der Waals surface area contributed by atoms with E-state index in [1.807, 2.05) is 0 Å². The molecule has 3 unspecified atom stereocenters. The third kappa shape index (κ3) is 20.2. The lowest BCUT2D eigenvalue weighted by Gasteiger charge is -2.46. The van der Waals surface area contributed by atoms with Crippen LogP contribution in [-0.4, -0.2) is 53.6 Å². The number of ether oxygens (including phenoxy) is 1. The van der Waals surface area contributed by atoms with E-state index in [0.29, 0.717) is 12.0 Å². The summed E-state index contributed by atoms with van der Waals surface area (Å²) in [5, 5.41) is 19.6. The number of aliphatic hydroxyl groups excluding tert-OH is 1.